The van der Waals surface area contributed by atoms with E-state index >= 15 is 0 Å². The number of rotatable bonds is 14. The first kappa shape index (κ1) is 102. The molecule has 0 saturated carbocycles. The van der Waals surface area contributed by atoms with Gasteiger partial charge in [-0.1, -0.05) is 0 Å². The van der Waals surface area contributed by atoms with Crippen LogP contribution in [0, 0.1) is 49.3 Å². The summed E-state index contributed by atoms with van der Waals surface area (Å²) in [4.78, 5) is 69.2. The zero-order valence-corrected chi connectivity index (χ0v) is 64.2. The van der Waals surface area contributed by atoms with Crippen molar-refractivity contribution in [3.63, 3.8) is 0 Å². The van der Waals surface area contributed by atoms with E-state index in [4.69, 9.17) is 52.0 Å². The third-order valence-corrected chi connectivity index (χ3v) is 11.4. The molecule has 2 radical (unpaired) electrons. The second-order valence-electron chi connectivity index (χ2n) is 18.0. The zero-order valence-electron chi connectivity index (χ0n) is 58.9. The van der Waals surface area contributed by atoms with E-state index in [9.17, 15) is 65.7 Å². The molecule has 105 heavy (non-hydrogen) atoms. The summed E-state index contributed by atoms with van der Waals surface area (Å²) in [5.74, 6) is 0.270. The number of carbonyl (C=O) groups is 4. The quantitative estimate of drug-likeness (QED) is 0.00778. The maximum atomic E-state index is 12.9. The number of halogens is 8. The van der Waals surface area contributed by atoms with Crippen LogP contribution in [0.15, 0.2) is 176 Å². The van der Waals surface area contributed by atoms with Crippen LogP contribution in [-0.2, 0) is 33.2 Å². The summed E-state index contributed by atoms with van der Waals surface area (Å²) in [6.45, 7) is 3.35. The number of nitrogens with one attached hydrogen (secondary N) is 3. The van der Waals surface area contributed by atoms with Gasteiger partial charge in [0.2, 0.25) is 5.82 Å². The second kappa shape index (κ2) is 61.1. The Bertz CT molecular complexity index is 3920. The predicted molar refractivity (Wildman–Crippen MR) is 382 cm³/mol. The summed E-state index contributed by atoms with van der Waals surface area (Å²) in [5.41, 5.74) is 16.3. The minimum Gasteiger partial charge on any atom is -0.553 e. The van der Waals surface area contributed by atoms with Gasteiger partial charge < -0.3 is 87.5 Å². The molecule has 0 saturated heterocycles. The molecule has 0 fully saturated rings. The van der Waals surface area contributed by atoms with Crippen LogP contribution in [0.1, 0.15) is 56.7 Å². The fraction of sp³-hybridized carbons (Fsp3) is 0.197. The van der Waals surface area contributed by atoms with E-state index in [1.54, 1.807) is 74.8 Å². The molecule has 9 rings (SSSR count). The molecule has 1 aromatic heterocycles. The Morgan fingerprint density at radius 1 is 0.562 bits per heavy atom. The summed E-state index contributed by atoms with van der Waals surface area (Å²) in [5, 5.41) is 48.6. The van der Waals surface area contributed by atoms with Gasteiger partial charge >= 0.3 is 95.9 Å². The number of aliphatic hydroxyl groups excluding tert-OH is 2. The van der Waals surface area contributed by atoms with E-state index in [0.29, 0.717) is 45.1 Å². The Hall–Kier alpha value is -9.29. The normalized spacial score (nSPS) is 9.26. The number of esters is 4. The minimum atomic E-state index is -1.00. The van der Waals surface area contributed by atoms with Crippen LogP contribution in [0.3, 0.4) is 0 Å². The van der Waals surface area contributed by atoms with E-state index in [0.717, 1.165) is 42.6 Å². The topological polar surface area (TPSA) is 461 Å². The number of hydrogen-bond acceptors (Lipinski definition) is 23. The van der Waals surface area contributed by atoms with Crippen molar-refractivity contribution in [2.24, 2.45) is 0 Å². The van der Waals surface area contributed by atoms with Crippen LogP contribution in [0.25, 0.3) is 22.6 Å². The van der Waals surface area contributed by atoms with Gasteiger partial charge in [-0.05, 0) is 172 Å². The van der Waals surface area contributed by atoms with Crippen molar-refractivity contribution in [2.45, 2.75) is 20.3 Å². The fourth-order valence-corrected chi connectivity index (χ4v) is 7.05. The fourth-order valence-electron chi connectivity index (χ4n) is 7.05. The number of hydrogen-bond donors (Lipinski definition) is 7. The molecule has 9 aromatic rings. The zero-order chi connectivity index (χ0) is 78.6. The molecule has 0 unspecified atom stereocenters. The standard InChI is InChI=1S/C15H11FN2O2.C14H11FN2O4.C14H13FN2O2.C8H6FNO4.C6H6FN.C4H10O3.2C2H6O.CH3F.2ClH.H2NO.Na.2H2O.Sn/c1-20-15(19)10-2-7-14-13(8-10)17-9-18(14)12-5-3-11(16)4-6-12;1-21-14(18)9-2-7-12(13(8-9)17(19)20)16-11-5-3-10(15)4-6-11;1-19-14(18)9-2-7-13(12(16)8-9)17-11-5-3-10(15)4-6-11;1-14-8(11)5-2-3-6(9)7(4-5)10(12)13;7-5-1-3-6(8)4-2-5;1-5-4(6-2)7-3;2*1-2-3;1-2;;;1-2;;;;/h2-9H,1H3;2-8,16H,1H3;2-8,17H,16H2,1H3;2-4H,1H3;1-4H,8H2;4H,1-3H3;2*3H,2H2,1H3;1H3;2*1H;1-2H;;2*1H2;/q;;;;;;;;;;;-1;+1;;;+2/p-2/i;;;;;;;;1D;;;;;;;. The SMILES string of the molecule is CCO.CCO.COC(=O)c1ccc(F)c([N+](=O)[O-])c1.COC(=O)c1ccc(Nc2ccc(F)cc2)c(N)c1.COC(=O)c1ccc(Nc2ccc(F)cc2)c([N+](=O)[O-])c1.COC(=O)c1ccc2c(c1)ncn2-c1ccc(F)cc1.COC(OC)OC.Nc1ccc(F)cc1.O.O.[2H]CF.[Cl][Sn][Cl].[NH-]O.[Na+]. The van der Waals surface area contributed by atoms with Crippen LogP contribution in [0.5, 0.6) is 0 Å². The van der Waals surface area contributed by atoms with Crippen molar-refractivity contribution in [1.29, 1.82) is 0 Å². The molecule has 14 N–H and O–H groups in total. The molecule has 8 aromatic carbocycles. The number of carbonyl (C=O) groups excluding carboxylic acids is 4. The van der Waals surface area contributed by atoms with E-state index in [-0.39, 0.29) is 93.7 Å². The van der Waals surface area contributed by atoms with Crippen molar-refractivity contribution in [2.75, 3.05) is 92.2 Å². The number of ether oxygens (including phenoxy) is 7. The molecule has 29 nitrogen and oxygen atoms in total. The van der Waals surface area contributed by atoms with E-state index in [1.807, 2.05) is 4.57 Å². The van der Waals surface area contributed by atoms with Gasteiger partial charge in [-0.3, -0.25) is 29.2 Å². The minimum absolute atomic E-state index is 0. The Balaban J connectivity index is -0.000000379. The summed E-state index contributed by atoms with van der Waals surface area (Å²) < 4.78 is 113. The number of nitrogens with two attached hydrogens (primary N) is 2. The van der Waals surface area contributed by atoms with E-state index in [1.165, 1.54) is 134 Å². The molecule has 39 heteroatoms. The maximum absolute atomic E-state index is 12.9. The number of benzene rings is 8. The van der Waals surface area contributed by atoms with Gasteiger partial charge in [-0.2, -0.15) is 4.39 Å². The molecule has 568 valence electrons. The van der Waals surface area contributed by atoms with Crippen LogP contribution in [0.2, 0.25) is 0 Å². The van der Waals surface area contributed by atoms with Crippen molar-refractivity contribution < 1.29 is 146 Å². The van der Waals surface area contributed by atoms with Gasteiger partial charge in [0.15, 0.2) is 0 Å². The number of nitrogen functional groups attached to an aromatic ring is 2. The molecule has 0 bridgehead atoms. The Kier molecular flexibility index (Phi) is 59.4. The Morgan fingerprint density at radius 3 is 1.22 bits per heavy atom. The van der Waals surface area contributed by atoms with E-state index in [2.05, 4.69) is 48.8 Å². The number of nitro groups is 2. The Morgan fingerprint density at radius 2 is 0.876 bits per heavy atom. The van der Waals surface area contributed by atoms with Crippen molar-refractivity contribution in [3.05, 3.63) is 254 Å². The molecule has 1 heterocycles. The molecule has 0 atom stereocenters. The van der Waals surface area contributed by atoms with Crippen LogP contribution >= 0.6 is 17.8 Å². The van der Waals surface area contributed by atoms with Gasteiger partial charge in [0.05, 0.1) is 91.5 Å². The van der Waals surface area contributed by atoms with Gasteiger partial charge in [-0.15, -0.1) is 0 Å². The second-order valence-corrected chi connectivity index (χ2v) is 22.2. The summed E-state index contributed by atoms with van der Waals surface area (Å²) in [7, 11) is 18.4. The summed E-state index contributed by atoms with van der Waals surface area (Å²) >= 11 is -0.826. The van der Waals surface area contributed by atoms with Crippen LogP contribution in [0.4, 0.5) is 71.8 Å². The van der Waals surface area contributed by atoms with Crippen LogP contribution in [-0.4, -0.2) is 165 Å². The number of nitro benzene ring substituents is 2. The first-order valence-electron chi connectivity index (χ1n) is 28.9. The van der Waals surface area contributed by atoms with Gasteiger partial charge in [-0.25, -0.2) is 41.7 Å². The first-order chi connectivity index (χ1) is 49.1. The molecule has 0 aliphatic rings. The van der Waals surface area contributed by atoms with Crippen molar-refractivity contribution in [1.82, 2.24) is 9.55 Å². The largest absolute Gasteiger partial charge is 1.00 e. The molecular formula is C66H78Cl2F6N9NaO20Sn. The monoisotopic (exact) mass is 1640 g/mol. The van der Waals surface area contributed by atoms with Gasteiger partial charge in [0.1, 0.15) is 35.3 Å². The van der Waals surface area contributed by atoms with Crippen molar-refractivity contribution >= 4 is 117 Å². The van der Waals surface area contributed by atoms with E-state index < -0.39 is 83.6 Å². The Labute approximate surface area is 640 Å². The molecule has 0 aliphatic heterocycles. The summed E-state index contributed by atoms with van der Waals surface area (Å²) in [6, 6.07) is 39.8. The number of aliphatic hydroxyl groups is 2. The number of aromatic nitrogens is 2. The molecular weight excluding hydrogens is 1570 g/mol. The average Bonchev–Trinajstić information content (AvgIpc) is 1.63. The molecule has 0 spiro atoms. The number of methoxy groups -OCH3 is 7. The van der Waals surface area contributed by atoms with Crippen LogP contribution < -0.4 is 51.7 Å². The average molecular weight is 1640 g/mol. The third-order valence-electron chi connectivity index (χ3n) is 11.4. The number of fused-ring (bicyclic) bond motifs is 1. The first-order valence-corrected chi connectivity index (χ1v) is 35.5. The number of alkyl halides is 1. The molecule has 0 amide bonds. The van der Waals surface area contributed by atoms with Crippen molar-refractivity contribution in [3.8, 4) is 5.69 Å². The maximum Gasteiger partial charge on any atom is 1.00 e. The smallest absolute Gasteiger partial charge is 0.553 e. The van der Waals surface area contributed by atoms with Gasteiger partial charge in [0.25, 0.3) is 12.2 Å². The number of imidazole rings is 1. The molecule has 0 aliphatic carbocycles. The number of anilines is 6. The summed E-state index contributed by atoms with van der Waals surface area (Å²) in [6.07, 6.45) is 1.64. The predicted octanol–water partition coefficient (Wildman–Crippen LogP) is 9.65. The third kappa shape index (κ3) is 40.5. The van der Waals surface area contributed by atoms with Gasteiger partial charge in [0, 0.05) is 69.4 Å². The number of nitrogens with zero attached hydrogens (tertiary/aromatic N) is 4.